The Hall–Kier alpha value is -2.60. The Bertz CT molecular complexity index is 850. The standard InChI is InChI=1S/C20H22ClN3O3/c1-14-12-15(21)2-4-17(14)22-20(25)24-8-6-23(7-9-24)16-3-5-18-19(13-16)27-11-10-26-18/h2-5,12-13H,6-11H2,1H3,(H,22,25). The minimum Gasteiger partial charge on any atom is -0.486 e. The molecule has 0 aromatic heterocycles. The zero-order valence-corrected chi connectivity index (χ0v) is 16.0. The smallest absolute Gasteiger partial charge is 0.321 e. The first-order valence-corrected chi connectivity index (χ1v) is 9.44. The van der Waals surface area contributed by atoms with E-state index in [0.29, 0.717) is 31.3 Å². The average Bonchev–Trinajstić information content (AvgIpc) is 2.70. The van der Waals surface area contributed by atoms with Crippen LogP contribution in [0.2, 0.25) is 5.02 Å². The summed E-state index contributed by atoms with van der Waals surface area (Å²) in [5.74, 6) is 1.58. The number of nitrogens with zero attached hydrogens (tertiary/aromatic N) is 2. The van der Waals surface area contributed by atoms with Crippen molar-refractivity contribution in [3.63, 3.8) is 0 Å². The lowest BCUT2D eigenvalue weighted by molar-refractivity contribution is 0.171. The van der Waals surface area contributed by atoms with Gasteiger partial charge in [-0.15, -0.1) is 0 Å². The zero-order chi connectivity index (χ0) is 18.8. The largest absolute Gasteiger partial charge is 0.486 e. The molecule has 0 spiro atoms. The quantitative estimate of drug-likeness (QED) is 0.852. The summed E-state index contributed by atoms with van der Waals surface area (Å²) in [4.78, 5) is 16.7. The maximum atomic E-state index is 12.6. The second kappa shape index (κ2) is 7.56. The third-order valence-corrected chi connectivity index (χ3v) is 5.12. The van der Waals surface area contributed by atoms with Gasteiger partial charge >= 0.3 is 6.03 Å². The van der Waals surface area contributed by atoms with Gasteiger partial charge in [0, 0.05) is 48.6 Å². The van der Waals surface area contributed by atoms with Crippen molar-refractivity contribution in [3.8, 4) is 11.5 Å². The lowest BCUT2D eigenvalue weighted by Gasteiger charge is -2.36. The van der Waals surface area contributed by atoms with Crippen molar-refractivity contribution < 1.29 is 14.3 Å². The molecule has 27 heavy (non-hydrogen) atoms. The van der Waals surface area contributed by atoms with Crippen LogP contribution < -0.4 is 19.7 Å². The SMILES string of the molecule is Cc1cc(Cl)ccc1NC(=O)N1CCN(c2ccc3c(c2)OCCO3)CC1. The van der Waals surface area contributed by atoms with Gasteiger partial charge in [0.25, 0.3) is 0 Å². The van der Waals surface area contributed by atoms with Gasteiger partial charge in [-0.1, -0.05) is 11.6 Å². The molecular weight excluding hydrogens is 366 g/mol. The molecule has 4 rings (SSSR count). The molecule has 6 nitrogen and oxygen atoms in total. The molecule has 142 valence electrons. The van der Waals surface area contributed by atoms with Crippen molar-refractivity contribution in [3.05, 3.63) is 47.0 Å². The summed E-state index contributed by atoms with van der Waals surface area (Å²) < 4.78 is 11.2. The first kappa shape index (κ1) is 17.8. The van der Waals surface area contributed by atoms with E-state index < -0.39 is 0 Å². The Balaban J connectivity index is 1.36. The highest BCUT2D eigenvalue weighted by Crippen LogP contribution is 2.34. The molecule has 1 saturated heterocycles. The molecule has 0 saturated carbocycles. The van der Waals surface area contributed by atoms with Gasteiger partial charge in [-0.2, -0.15) is 0 Å². The molecule has 7 heteroatoms. The van der Waals surface area contributed by atoms with Crippen LogP contribution in [0, 0.1) is 6.92 Å². The summed E-state index contributed by atoms with van der Waals surface area (Å²) in [6, 6.07) is 11.4. The molecule has 2 heterocycles. The number of ether oxygens (including phenoxy) is 2. The molecule has 1 fully saturated rings. The Morgan fingerprint density at radius 3 is 2.48 bits per heavy atom. The molecule has 1 N–H and O–H groups in total. The molecule has 2 aliphatic heterocycles. The van der Waals surface area contributed by atoms with Crippen molar-refractivity contribution in [2.45, 2.75) is 6.92 Å². The monoisotopic (exact) mass is 387 g/mol. The molecule has 0 atom stereocenters. The van der Waals surface area contributed by atoms with E-state index in [-0.39, 0.29) is 6.03 Å². The first-order valence-electron chi connectivity index (χ1n) is 9.07. The molecule has 2 aliphatic rings. The molecule has 0 radical (unpaired) electrons. The van der Waals surface area contributed by atoms with Crippen LogP contribution >= 0.6 is 11.6 Å². The number of rotatable bonds is 2. The number of anilines is 2. The Morgan fingerprint density at radius 1 is 1.00 bits per heavy atom. The van der Waals surface area contributed by atoms with Gasteiger partial charge < -0.3 is 24.6 Å². The van der Waals surface area contributed by atoms with Crippen LogP contribution in [0.5, 0.6) is 11.5 Å². The van der Waals surface area contributed by atoms with E-state index in [1.807, 2.05) is 42.2 Å². The summed E-state index contributed by atoms with van der Waals surface area (Å²) in [5, 5.41) is 3.64. The number of benzene rings is 2. The summed E-state index contributed by atoms with van der Waals surface area (Å²) in [7, 11) is 0. The summed E-state index contributed by atoms with van der Waals surface area (Å²) in [6.07, 6.45) is 0. The van der Waals surface area contributed by atoms with Gasteiger partial charge in [0.1, 0.15) is 13.2 Å². The first-order chi connectivity index (χ1) is 13.1. The third-order valence-electron chi connectivity index (χ3n) is 4.89. The van der Waals surface area contributed by atoms with Gasteiger partial charge in [-0.05, 0) is 42.8 Å². The number of urea groups is 1. The molecule has 2 aromatic carbocycles. The van der Waals surface area contributed by atoms with E-state index in [0.717, 1.165) is 41.5 Å². The van der Waals surface area contributed by atoms with Gasteiger partial charge in [-0.25, -0.2) is 4.79 Å². The van der Waals surface area contributed by atoms with Gasteiger partial charge in [0.2, 0.25) is 0 Å². The van der Waals surface area contributed by atoms with E-state index in [2.05, 4.69) is 10.2 Å². The van der Waals surface area contributed by atoms with E-state index in [4.69, 9.17) is 21.1 Å². The number of aryl methyl sites for hydroxylation is 1. The Kier molecular flexibility index (Phi) is 4.99. The number of carbonyl (C=O) groups is 1. The zero-order valence-electron chi connectivity index (χ0n) is 15.2. The van der Waals surface area contributed by atoms with Crippen LogP contribution in [0.15, 0.2) is 36.4 Å². The maximum absolute atomic E-state index is 12.6. The van der Waals surface area contributed by atoms with Crippen molar-refractivity contribution >= 4 is 29.0 Å². The van der Waals surface area contributed by atoms with Gasteiger partial charge in [-0.3, -0.25) is 0 Å². The lowest BCUT2D eigenvalue weighted by Crippen LogP contribution is -2.50. The highest BCUT2D eigenvalue weighted by molar-refractivity contribution is 6.30. The number of nitrogens with one attached hydrogen (secondary N) is 1. The number of hydrogen-bond donors (Lipinski definition) is 1. The predicted molar refractivity (Wildman–Crippen MR) is 106 cm³/mol. The number of amides is 2. The maximum Gasteiger partial charge on any atom is 0.321 e. The van der Waals surface area contributed by atoms with Crippen LogP contribution in [-0.4, -0.2) is 50.3 Å². The van der Waals surface area contributed by atoms with Crippen LogP contribution in [0.25, 0.3) is 0 Å². The highest BCUT2D eigenvalue weighted by Gasteiger charge is 2.23. The average molecular weight is 388 g/mol. The van der Waals surface area contributed by atoms with Crippen molar-refractivity contribution in [2.75, 3.05) is 49.6 Å². The number of halogens is 1. The fourth-order valence-electron chi connectivity index (χ4n) is 3.36. The Morgan fingerprint density at radius 2 is 1.74 bits per heavy atom. The number of fused-ring (bicyclic) bond motifs is 1. The van der Waals surface area contributed by atoms with Gasteiger partial charge in [0.15, 0.2) is 11.5 Å². The van der Waals surface area contributed by atoms with Gasteiger partial charge in [0.05, 0.1) is 0 Å². The van der Waals surface area contributed by atoms with Crippen molar-refractivity contribution in [1.29, 1.82) is 0 Å². The van der Waals surface area contributed by atoms with Crippen molar-refractivity contribution in [2.24, 2.45) is 0 Å². The van der Waals surface area contributed by atoms with Crippen LogP contribution in [-0.2, 0) is 0 Å². The second-order valence-electron chi connectivity index (χ2n) is 6.69. The molecular formula is C20H22ClN3O3. The fraction of sp³-hybridized carbons (Fsp3) is 0.350. The second-order valence-corrected chi connectivity index (χ2v) is 7.13. The summed E-state index contributed by atoms with van der Waals surface area (Å²) >= 11 is 5.98. The predicted octanol–water partition coefficient (Wildman–Crippen LogP) is 3.77. The molecule has 0 bridgehead atoms. The van der Waals surface area contributed by atoms with Crippen LogP contribution in [0.3, 0.4) is 0 Å². The Labute approximate surface area is 163 Å². The highest BCUT2D eigenvalue weighted by atomic mass is 35.5. The summed E-state index contributed by atoms with van der Waals surface area (Å²) in [5.41, 5.74) is 2.83. The van der Waals surface area contributed by atoms with E-state index in [1.54, 1.807) is 6.07 Å². The molecule has 2 aromatic rings. The molecule has 0 aliphatic carbocycles. The summed E-state index contributed by atoms with van der Waals surface area (Å²) in [6.45, 7) is 5.96. The van der Waals surface area contributed by atoms with E-state index in [9.17, 15) is 4.79 Å². The molecule has 2 amide bonds. The van der Waals surface area contributed by atoms with E-state index >= 15 is 0 Å². The van der Waals surface area contributed by atoms with E-state index in [1.165, 1.54) is 0 Å². The number of piperazine rings is 1. The number of hydrogen-bond acceptors (Lipinski definition) is 4. The molecule has 0 unspecified atom stereocenters. The minimum absolute atomic E-state index is 0.0813. The topological polar surface area (TPSA) is 54.0 Å². The third kappa shape index (κ3) is 3.90. The minimum atomic E-state index is -0.0813. The van der Waals surface area contributed by atoms with Crippen LogP contribution in [0.4, 0.5) is 16.2 Å². The van der Waals surface area contributed by atoms with Crippen molar-refractivity contribution in [1.82, 2.24) is 4.90 Å². The normalized spacial score (nSPS) is 16.2. The lowest BCUT2D eigenvalue weighted by atomic mass is 10.2. The fourth-order valence-corrected chi connectivity index (χ4v) is 3.58. The number of carbonyl (C=O) groups excluding carboxylic acids is 1. The van der Waals surface area contributed by atoms with Crippen LogP contribution in [0.1, 0.15) is 5.56 Å².